The van der Waals surface area contributed by atoms with Crippen molar-refractivity contribution < 1.29 is 9.90 Å². The molecule has 0 spiro atoms. The maximum Gasteiger partial charge on any atom is 0.274 e. The van der Waals surface area contributed by atoms with Crippen molar-refractivity contribution in [2.75, 3.05) is 11.9 Å². The number of rotatable bonds is 2. The SMILES string of the molecule is Cc1ccc(Cl)cc1NC(=O)c1ccc(C#CCO)cn1. The minimum atomic E-state index is -0.318. The standard InChI is InChI=1S/C16H13ClN2O2/c1-11-4-6-13(17)9-15(11)19-16(21)14-7-5-12(10-18-14)3-2-8-20/h4-7,9-10,20H,8H2,1H3,(H,19,21). The van der Waals surface area contributed by atoms with Gasteiger partial charge in [-0.2, -0.15) is 0 Å². The van der Waals surface area contributed by atoms with Gasteiger partial charge >= 0.3 is 0 Å². The number of carbonyl (C=O) groups is 1. The molecule has 2 N–H and O–H groups in total. The highest BCUT2D eigenvalue weighted by Gasteiger charge is 2.09. The van der Waals surface area contributed by atoms with Crippen LogP contribution in [-0.4, -0.2) is 22.6 Å². The zero-order valence-electron chi connectivity index (χ0n) is 11.4. The van der Waals surface area contributed by atoms with Crippen molar-refractivity contribution in [1.82, 2.24) is 4.98 Å². The van der Waals surface area contributed by atoms with Gasteiger partial charge in [0.2, 0.25) is 0 Å². The van der Waals surface area contributed by atoms with Crippen molar-refractivity contribution in [3.8, 4) is 11.8 Å². The monoisotopic (exact) mass is 300 g/mol. The Kier molecular flexibility index (Phi) is 4.94. The summed E-state index contributed by atoms with van der Waals surface area (Å²) in [6, 6.07) is 8.54. The average Bonchev–Trinajstić information content (AvgIpc) is 2.49. The highest BCUT2D eigenvalue weighted by Crippen LogP contribution is 2.20. The van der Waals surface area contributed by atoms with Crippen molar-refractivity contribution in [2.24, 2.45) is 0 Å². The Balaban J connectivity index is 2.15. The molecule has 0 aliphatic rings. The van der Waals surface area contributed by atoms with Crippen molar-refractivity contribution >= 4 is 23.2 Å². The van der Waals surface area contributed by atoms with Crippen LogP contribution < -0.4 is 5.32 Å². The Labute approximate surface area is 127 Å². The number of anilines is 1. The number of aliphatic hydroxyl groups excluding tert-OH is 1. The van der Waals surface area contributed by atoms with Crippen LogP contribution >= 0.6 is 11.6 Å². The van der Waals surface area contributed by atoms with Crippen LogP contribution in [0.2, 0.25) is 5.02 Å². The van der Waals surface area contributed by atoms with E-state index in [4.69, 9.17) is 16.7 Å². The molecule has 0 radical (unpaired) electrons. The lowest BCUT2D eigenvalue weighted by atomic mass is 10.2. The maximum absolute atomic E-state index is 12.1. The van der Waals surface area contributed by atoms with E-state index in [0.717, 1.165) is 5.56 Å². The summed E-state index contributed by atoms with van der Waals surface area (Å²) in [5.74, 6) is 4.91. The second kappa shape index (κ2) is 6.89. The van der Waals surface area contributed by atoms with Gasteiger partial charge in [0.05, 0.1) is 0 Å². The second-order valence-corrected chi connectivity index (χ2v) is 4.74. The van der Waals surface area contributed by atoms with Gasteiger partial charge in [0.15, 0.2) is 0 Å². The third kappa shape index (κ3) is 4.06. The number of pyridine rings is 1. The van der Waals surface area contributed by atoms with Gasteiger partial charge in [-0.15, -0.1) is 0 Å². The van der Waals surface area contributed by atoms with Crippen molar-refractivity contribution in [3.63, 3.8) is 0 Å². The molecule has 0 saturated carbocycles. The Morgan fingerprint density at radius 1 is 1.38 bits per heavy atom. The summed E-state index contributed by atoms with van der Waals surface area (Å²) < 4.78 is 0. The Bertz CT molecular complexity index is 715. The lowest BCUT2D eigenvalue weighted by molar-refractivity contribution is 0.102. The molecule has 0 atom stereocenters. The number of aryl methyl sites for hydroxylation is 1. The van der Waals surface area contributed by atoms with Crippen molar-refractivity contribution in [1.29, 1.82) is 0 Å². The summed E-state index contributed by atoms with van der Waals surface area (Å²) in [4.78, 5) is 16.2. The molecule has 0 fully saturated rings. The van der Waals surface area contributed by atoms with Gasteiger partial charge in [-0.05, 0) is 36.8 Å². The number of aliphatic hydroxyl groups is 1. The summed E-state index contributed by atoms with van der Waals surface area (Å²) in [5, 5.41) is 11.9. The third-order valence-electron chi connectivity index (χ3n) is 2.76. The van der Waals surface area contributed by atoms with Crippen molar-refractivity contribution in [3.05, 3.63) is 58.4 Å². The minimum absolute atomic E-state index is 0.212. The Morgan fingerprint density at radius 2 is 2.19 bits per heavy atom. The number of halogens is 1. The van der Waals surface area contributed by atoms with Gasteiger partial charge < -0.3 is 10.4 Å². The molecule has 0 saturated heterocycles. The van der Waals surface area contributed by atoms with Crippen LogP contribution in [0.25, 0.3) is 0 Å². The molecule has 1 aromatic heterocycles. The van der Waals surface area contributed by atoms with Gasteiger partial charge in [-0.1, -0.05) is 29.5 Å². The third-order valence-corrected chi connectivity index (χ3v) is 2.99. The van der Waals surface area contributed by atoms with Crippen LogP contribution in [0.3, 0.4) is 0 Å². The molecule has 1 aromatic carbocycles. The quantitative estimate of drug-likeness (QED) is 0.838. The van der Waals surface area contributed by atoms with E-state index in [-0.39, 0.29) is 18.2 Å². The fraction of sp³-hybridized carbons (Fsp3) is 0.125. The zero-order valence-corrected chi connectivity index (χ0v) is 12.1. The molecular formula is C16H13ClN2O2. The molecule has 106 valence electrons. The minimum Gasteiger partial charge on any atom is -0.384 e. The first kappa shape index (κ1) is 15.0. The highest BCUT2D eigenvalue weighted by atomic mass is 35.5. The molecule has 4 nitrogen and oxygen atoms in total. The summed E-state index contributed by atoms with van der Waals surface area (Å²) >= 11 is 5.91. The van der Waals surface area contributed by atoms with Gasteiger partial charge in [-0.3, -0.25) is 4.79 Å². The number of amides is 1. The van der Waals surface area contributed by atoms with E-state index >= 15 is 0 Å². The first-order valence-corrected chi connectivity index (χ1v) is 6.61. The number of hydrogen-bond donors (Lipinski definition) is 2. The first-order chi connectivity index (χ1) is 10.1. The normalized spacial score (nSPS) is 9.67. The first-order valence-electron chi connectivity index (χ1n) is 6.23. The number of nitrogens with one attached hydrogen (secondary N) is 1. The summed E-state index contributed by atoms with van der Waals surface area (Å²) in [6.45, 7) is 1.67. The topological polar surface area (TPSA) is 62.2 Å². The van der Waals surface area contributed by atoms with Crippen LogP contribution in [0, 0.1) is 18.8 Å². The van der Waals surface area contributed by atoms with Crippen LogP contribution in [0.15, 0.2) is 36.5 Å². The number of aromatic nitrogens is 1. The van der Waals surface area contributed by atoms with Crippen LogP contribution in [0.1, 0.15) is 21.6 Å². The zero-order chi connectivity index (χ0) is 15.2. The van der Waals surface area contributed by atoms with E-state index in [1.54, 1.807) is 24.3 Å². The van der Waals surface area contributed by atoms with Gasteiger partial charge in [0.25, 0.3) is 5.91 Å². The summed E-state index contributed by atoms with van der Waals surface area (Å²) in [7, 11) is 0. The van der Waals surface area contributed by atoms with E-state index in [1.165, 1.54) is 6.20 Å². The van der Waals surface area contributed by atoms with Crippen LogP contribution in [0.5, 0.6) is 0 Å². The predicted octanol–water partition coefficient (Wildman–Crippen LogP) is 2.64. The number of hydrogen-bond acceptors (Lipinski definition) is 3. The molecule has 0 bridgehead atoms. The van der Waals surface area contributed by atoms with Gasteiger partial charge in [-0.25, -0.2) is 4.98 Å². The second-order valence-electron chi connectivity index (χ2n) is 4.31. The average molecular weight is 301 g/mol. The fourth-order valence-corrected chi connectivity index (χ4v) is 1.83. The van der Waals surface area contributed by atoms with E-state index in [0.29, 0.717) is 16.3 Å². The number of nitrogens with zero attached hydrogens (tertiary/aromatic N) is 1. The largest absolute Gasteiger partial charge is 0.384 e. The number of carbonyl (C=O) groups excluding carboxylic acids is 1. The van der Waals surface area contributed by atoms with Crippen LogP contribution in [0.4, 0.5) is 5.69 Å². The molecular weight excluding hydrogens is 288 g/mol. The van der Waals surface area contributed by atoms with E-state index in [1.807, 2.05) is 13.0 Å². The highest BCUT2D eigenvalue weighted by molar-refractivity contribution is 6.31. The Hall–Kier alpha value is -2.35. The molecule has 21 heavy (non-hydrogen) atoms. The molecule has 0 aliphatic carbocycles. The van der Waals surface area contributed by atoms with Gasteiger partial charge in [0.1, 0.15) is 12.3 Å². The van der Waals surface area contributed by atoms with E-state index < -0.39 is 0 Å². The van der Waals surface area contributed by atoms with E-state index in [9.17, 15) is 4.79 Å². The van der Waals surface area contributed by atoms with Crippen LogP contribution in [-0.2, 0) is 0 Å². The molecule has 2 rings (SSSR count). The van der Waals surface area contributed by atoms with Gasteiger partial charge in [0, 0.05) is 22.5 Å². The summed E-state index contributed by atoms with van der Waals surface area (Å²) in [6.07, 6.45) is 1.49. The molecule has 0 unspecified atom stereocenters. The summed E-state index contributed by atoms with van der Waals surface area (Å²) in [5.41, 5.74) is 2.49. The molecule has 0 aliphatic heterocycles. The predicted molar refractivity (Wildman–Crippen MR) is 82.3 cm³/mol. The molecule has 1 amide bonds. The molecule has 1 heterocycles. The number of benzene rings is 1. The Morgan fingerprint density at radius 3 is 2.86 bits per heavy atom. The molecule has 2 aromatic rings. The smallest absolute Gasteiger partial charge is 0.274 e. The fourth-order valence-electron chi connectivity index (χ4n) is 1.66. The lowest BCUT2D eigenvalue weighted by Crippen LogP contribution is -2.14. The van der Waals surface area contributed by atoms with Crippen molar-refractivity contribution in [2.45, 2.75) is 6.92 Å². The lowest BCUT2D eigenvalue weighted by Gasteiger charge is -2.08. The molecule has 5 heteroatoms. The van der Waals surface area contributed by atoms with E-state index in [2.05, 4.69) is 22.1 Å². The maximum atomic E-state index is 12.1.